The third kappa shape index (κ3) is 4.37. The first-order valence-corrected chi connectivity index (χ1v) is 11.1. The molecule has 5 rings (SSSR count). The predicted molar refractivity (Wildman–Crippen MR) is 139 cm³/mol. The summed E-state index contributed by atoms with van der Waals surface area (Å²) in [6.07, 6.45) is 0. The Morgan fingerprint density at radius 2 is 1.53 bits per heavy atom. The summed E-state index contributed by atoms with van der Waals surface area (Å²) in [6.45, 7) is 0. The van der Waals surface area contributed by atoms with Crippen LogP contribution in [0.2, 0.25) is 0 Å². The molecule has 1 heterocycles. The average Bonchev–Trinajstić information content (AvgIpc) is 3.38. The second kappa shape index (κ2) is 9.67. The summed E-state index contributed by atoms with van der Waals surface area (Å²) in [4.78, 5) is 10.7. The summed E-state index contributed by atoms with van der Waals surface area (Å²) in [6, 6.07) is 29.6. The van der Waals surface area contributed by atoms with Crippen molar-refractivity contribution in [2.75, 3.05) is 24.5 Å². The molecule has 0 saturated carbocycles. The van der Waals surface area contributed by atoms with Crippen LogP contribution in [0.15, 0.2) is 102 Å². The van der Waals surface area contributed by atoms with E-state index in [0.717, 1.165) is 22.4 Å². The Morgan fingerprint density at radius 3 is 2.22 bits per heavy atom. The van der Waals surface area contributed by atoms with Crippen LogP contribution in [0.1, 0.15) is 5.56 Å². The number of anilines is 2. The molecule has 1 aliphatic heterocycles. The van der Waals surface area contributed by atoms with Crippen molar-refractivity contribution in [1.82, 2.24) is 5.43 Å². The molecule has 0 saturated heterocycles. The van der Waals surface area contributed by atoms with Gasteiger partial charge in [-0.25, -0.2) is 0 Å². The fourth-order valence-electron chi connectivity index (χ4n) is 3.91. The van der Waals surface area contributed by atoms with Crippen molar-refractivity contribution in [2.45, 2.75) is 0 Å². The van der Waals surface area contributed by atoms with Gasteiger partial charge in [-0.1, -0.05) is 48.5 Å². The van der Waals surface area contributed by atoms with E-state index >= 15 is 0 Å². The quantitative estimate of drug-likeness (QED) is 0.280. The summed E-state index contributed by atoms with van der Waals surface area (Å²) < 4.78 is 11.1. The van der Waals surface area contributed by atoms with Gasteiger partial charge in [0.1, 0.15) is 17.2 Å². The standard InChI is InChI=1S/C27H23N5O4/c1-35-24-10-6-9-20(17-24)21-11-16-25(26(18-21)36-2)31-29-27(19-7-4-3-5-8-19)28-30(31)22-12-14-23(15-13-22)32(33)34/h3-18H,1-2H3,(H,28,29). The Morgan fingerprint density at radius 1 is 0.806 bits per heavy atom. The lowest BCUT2D eigenvalue weighted by molar-refractivity contribution is -0.384. The fourth-order valence-corrected chi connectivity index (χ4v) is 3.91. The first kappa shape index (κ1) is 22.7. The molecule has 9 heteroatoms. The van der Waals surface area contributed by atoms with Gasteiger partial charge >= 0.3 is 0 Å². The zero-order chi connectivity index (χ0) is 25.1. The lowest BCUT2D eigenvalue weighted by Gasteiger charge is -2.29. The second-order valence-corrected chi connectivity index (χ2v) is 7.92. The van der Waals surface area contributed by atoms with Crippen LogP contribution in [-0.4, -0.2) is 25.0 Å². The number of hydrogen-bond donors (Lipinski definition) is 1. The highest BCUT2D eigenvalue weighted by atomic mass is 16.6. The molecule has 4 aromatic rings. The molecular formula is C27H23N5O4. The molecule has 9 nitrogen and oxygen atoms in total. The zero-order valence-corrected chi connectivity index (χ0v) is 19.7. The maximum absolute atomic E-state index is 11.1. The third-order valence-corrected chi connectivity index (χ3v) is 5.75. The number of nitro groups is 1. The van der Waals surface area contributed by atoms with Gasteiger partial charge in [0.05, 0.1) is 24.8 Å². The van der Waals surface area contributed by atoms with E-state index in [1.807, 2.05) is 72.8 Å². The van der Waals surface area contributed by atoms with Crippen LogP contribution in [0, 0.1) is 10.1 Å². The Bertz CT molecular complexity index is 1420. The minimum atomic E-state index is -0.428. The fraction of sp³-hybridized carbons (Fsp3) is 0.0741. The van der Waals surface area contributed by atoms with E-state index in [0.29, 0.717) is 23.0 Å². The second-order valence-electron chi connectivity index (χ2n) is 7.92. The minimum Gasteiger partial charge on any atom is -0.497 e. The molecule has 0 amide bonds. The monoisotopic (exact) mass is 481 g/mol. The number of nitrogens with one attached hydrogen (secondary N) is 1. The molecule has 0 bridgehead atoms. The summed E-state index contributed by atoms with van der Waals surface area (Å²) in [7, 11) is 3.25. The van der Waals surface area contributed by atoms with E-state index in [-0.39, 0.29) is 5.69 Å². The van der Waals surface area contributed by atoms with E-state index < -0.39 is 4.92 Å². The van der Waals surface area contributed by atoms with Crippen molar-refractivity contribution in [3.63, 3.8) is 0 Å². The van der Waals surface area contributed by atoms with Crippen molar-refractivity contribution in [3.8, 4) is 22.6 Å². The average molecular weight is 482 g/mol. The lowest BCUT2D eigenvalue weighted by Crippen LogP contribution is -2.44. The molecular weight excluding hydrogens is 458 g/mol. The number of methoxy groups -OCH3 is 2. The summed E-state index contributed by atoms with van der Waals surface area (Å²) in [5.74, 6) is 1.99. The number of nitrogens with zero attached hydrogens (tertiary/aromatic N) is 4. The van der Waals surface area contributed by atoms with E-state index in [1.165, 1.54) is 12.1 Å². The van der Waals surface area contributed by atoms with Crippen molar-refractivity contribution in [2.24, 2.45) is 5.10 Å². The van der Waals surface area contributed by atoms with Crippen molar-refractivity contribution >= 4 is 22.9 Å². The number of hydrazine groups is 2. The molecule has 180 valence electrons. The number of amidine groups is 1. The van der Waals surface area contributed by atoms with Gasteiger partial charge in [-0.2, -0.15) is 10.2 Å². The number of hydrazone groups is 1. The van der Waals surface area contributed by atoms with Gasteiger partial charge < -0.3 is 9.47 Å². The smallest absolute Gasteiger partial charge is 0.269 e. The molecule has 0 aromatic heterocycles. The molecule has 1 aliphatic rings. The van der Waals surface area contributed by atoms with Gasteiger partial charge in [0.15, 0.2) is 5.84 Å². The van der Waals surface area contributed by atoms with Crippen molar-refractivity contribution in [3.05, 3.63) is 113 Å². The molecule has 0 radical (unpaired) electrons. The normalized spacial score (nSPS) is 12.7. The highest BCUT2D eigenvalue weighted by molar-refractivity contribution is 6.02. The van der Waals surface area contributed by atoms with E-state index in [4.69, 9.17) is 14.6 Å². The van der Waals surface area contributed by atoms with Crippen LogP contribution in [0.25, 0.3) is 11.1 Å². The van der Waals surface area contributed by atoms with Crippen LogP contribution in [0.4, 0.5) is 17.1 Å². The molecule has 0 aliphatic carbocycles. The molecule has 4 aromatic carbocycles. The molecule has 1 N–H and O–H groups in total. The molecule has 0 spiro atoms. The number of nitro benzene ring substituents is 1. The predicted octanol–water partition coefficient (Wildman–Crippen LogP) is 5.39. The number of non-ortho nitro benzene ring substituents is 1. The number of benzene rings is 4. The van der Waals surface area contributed by atoms with Crippen molar-refractivity contribution < 1.29 is 14.4 Å². The first-order valence-electron chi connectivity index (χ1n) is 11.1. The molecule has 36 heavy (non-hydrogen) atoms. The Kier molecular flexibility index (Phi) is 6.10. The first-order chi connectivity index (χ1) is 17.6. The Hall–Kier alpha value is -5.05. The minimum absolute atomic E-state index is 0.00458. The number of ether oxygens (including phenoxy) is 2. The van der Waals surface area contributed by atoms with Gasteiger partial charge in [0, 0.05) is 17.7 Å². The zero-order valence-electron chi connectivity index (χ0n) is 19.7. The summed E-state index contributed by atoms with van der Waals surface area (Å²) in [5, 5.41) is 19.3. The van der Waals surface area contributed by atoms with Crippen molar-refractivity contribution in [1.29, 1.82) is 0 Å². The molecule has 0 atom stereocenters. The van der Waals surface area contributed by atoms with Gasteiger partial charge in [0.25, 0.3) is 5.69 Å². The van der Waals surface area contributed by atoms with Crippen LogP contribution in [0.3, 0.4) is 0 Å². The Labute approximate surface area is 207 Å². The van der Waals surface area contributed by atoms with E-state index in [9.17, 15) is 10.1 Å². The lowest BCUT2D eigenvalue weighted by atomic mass is 10.0. The Balaban J connectivity index is 1.55. The number of rotatable bonds is 7. The van der Waals surface area contributed by atoms with Crippen LogP contribution in [0.5, 0.6) is 11.5 Å². The maximum atomic E-state index is 11.1. The number of hydrogen-bond acceptors (Lipinski definition) is 8. The van der Waals surface area contributed by atoms with Crippen LogP contribution >= 0.6 is 0 Å². The molecule has 0 unspecified atom stereocenters. The van der Waals surface area contributed by atoms with Gasteiger partial charge in [-0.3, -0.25) is 15.5 Å². The molecule has 0 fully saturated rings. The topological polar surface area (TPSA) is 92.5 Å². The van der Waals surface area contributed by atoms with Crippen LogP contribution in [-0.2, 0) is 0 Å². The van der Waals surface area contributed by atoms with Gasteiger partial charge in [0.2, 0.25) is 0 Å². The van der Waals surface area contributed by atoms with Gasteiger partial charge in [-0.15, -0.1) is 5.10 Å². The summed E-state index contributed by atoms with van der Waals surface area (Å²) >= 11 is 0. The van der Waals surface area contributed by atoms with Crippen LogP contribution < -0.4 is 25.1 Å². The largest absolute Gasteiger partial charge is 0.497 e. The SMILES string of the molecule is COc1cccc(-c2ccc(N3NC(c4ccccc4)=NN3c3ccc([N+](=O)[O-])cc3)c(OC)c2)c1. The van der Waals surface area contributed by atoms with E-state index in [2.05, 4.69) is 5.43 Å². The highest BCUT2D eigenvalue weighted by Crippen LogP contribution is 2.37. The van der Waals surface area contributed by atoms with E-state index in [1.54, 1.807) is 36.6 Å². The van der Waals surface area contributed by atoms with Gasteiger partial charge in [-0.05, 0) is 47.5 Å². The maximum Gasteiger partial charge on any atom is 0.269 e. The highest BCUT2D eigenvalue weighted by Gasteiger charge is 2.29. The summed E-state index contributed by atoms with van der Waals surface area (Å²) in [5.41, 5.74) is 7.52. The third-order valence-electron chi connectivity index (χ3n) is 5.75.